The number of rotatable bonds is 4. The van der Waals surface area contributed by atoms with E-state index in [1.165, 1.54) is 0 Å². The summed E-state index contributed by atoms with van der Waals surface area (Å²) >= 11 is 6.05. The second kappa shape index (κ2) is 10.9. The highest BCUT2D eigenvalue weighted by Gasteiger charge is 2.38. The third kappa shape index (κ3) is 8.44. The number of aromatic nitrogens is 3. The molecule has 170 valence electrons. The smallest absolute Gasteiger partial charge is 0.475 e. The van der Waals surface area contributed by atoms with Crippen molar-refractivity contribution in [3.05, 3.63) is 5.28 Å². The van der Waals surface area contributed by atoms with Gasteiger partial charge in [0, 0.05) is 24.2 Å². The van der Waals surface area contributed by atoms with Crippen LogP contribution in [0.2, 0.25) is 5.28 Å². The van der Waals surface area contributed by atoms with Gasteiger partial charge in [-0.15, -0.1) is 0 Å². The van der Waals surface area contributed by atoms with Gasteiger partial charge >= 0.3 is 12.1 Å². The minimum Gasteiger partial charge on any atom is -0.475 e. The monoisotopic (exact) mass is 453 g/mol. The Morgan fingerprint density at radius 2 is 1.20 bits per heavy atom. The highest BCUT2D eigenvalue weighted by Crippen LogP contribution is 2.23. The zero-order valence-electron chi connectivity index (χ0n) is 16.3. The molecule has 0 radical (unpaired) electrons. The first-order valence-corrected chi connectivity index (χ1v) is 10.2. The maximum absolute atomic E-state index is 10.6. The molecule has 1 heterocycles. The van der Waals surface area contributed by atoms with Gasteiger partial charge in [0.25, 0.3) is 0 Å². The number of aliphatic carboxylic acids is 1. The summed E-state index contributed by atoms with van der Waals surface area (Å²) in [5.41, 5.74) is 11.9. The summed E-state index contributed by atoms with van der Waals surface area (Å²) in [6, 6.07) is 1.36. The normalized spacial score (nSPS) is 26.9. The third-order valence-corrected chi connectivity index (χ3v) is 5.23. The Morgan fingerprint density at radius 1 is 0.867 bits per heavy atom. The molecule has 0 saturated heterocycles. The van der Waals surface area contributed by atoms with E-state index in [0.29, 0.717) is 36.1 Å². The Balaban J connectivity index is 0.000000396. The Bertz CT molecular complexity index is 652. The van der Waals surface area contributed by atoms with Crippen molar-refractivity contribution < 1.29 is 23.1 Å². The number of anilines is 2. The SMILES string of the molecule is NC1CCC(Nc2nc(Cl)nc(NC3CCC(N)CC3)n2)CC1.O=C(O)C(F)(F)F. The van der Waals surface area contributed by atoms with Crippen LogP contribution in [0.3, 0.4) is 0 Å². The van der Waals surface area contributed by atoms with E-state index >= 15 is 0 Å². The molecule has 2 fully saturated rings. The van der Waals surface area contributed by atoms with Crippen LogP contribution in [-0.2, 0) is 4.79 Å². The first-order valence-electron chi connectivity index (χ1n) is 9.79. The highest BCUT2D eigenvalue weighted by atomic mass is 35.5. The summed E-state index contributed by atoms with van der Waals surface area (Å²) < 4.78 is 31.7. The zero-order chi connectivity index (χ0) is 22.3. The Hall–Kier alpha value is -1.92. The van der Waals surface area contributed by atoms with Gasteiger partial charge < -0.3 is 27.2 Å². The van der Waals surface area contributed by atoms with Crippen molar-refractivity contribution in [3.63, 3.8) is 0 Å². The van der Waals surface area contributed by atoms with E-state index < -0.39 is 12.1 Å². The predicted octanol–water partition coefficient (Wildman–Crippen LogP) is 2.52. The van der Waals surface area contributed by atoms with Crippen molar-refractivity contribution in [2.24, 2.45) is 11.5 Å². The van der Waals surface area contributed by atoms with Gasteiger partial charge in [0.2, 0.25) is 17.2 Å². The van der Waals surface area contributed by atoms with Gasteiger partial charge in [0.15, 0.2) is 0 Å². The van der Waals surface area contributed by atoms with Gasteiger partial charge in [-0.25, -0.2) is 4.79 Å². The number of nitrogens with one attached hydrogen (secondary N) is 2. The summed E-state index contributed by atoms with van der Waals surface area (Å²) in [7, 11) is 0. The number of nitrogens with two attached hydrogens (primary N) is 2. The van der Waals surface area contributed by atoms with Crippen molar-refractivity contribution in [2.75, 3.05) is 10.6 Å². The molecule has 3 rings (SSSR count). The third-order valence-electron chi connectivity index (χ3n) is 5.06. The first-order chi connectivity index (χ1) is 14.0. The number of hydrogen-bond donors (Lipinski definition) is 5. The second-order valence-corrected chi connectivity index (χ2v) is 7.90. The molecule has 7 N–H and O–H groups in total. The van der Waals surface area contributed by atoms with Gasteiger partial charge in [-0.05, 0) is 63.0 Å². The lowest BCUT2D eigenvalue weighted by Gasteiger charge is -2.28. The molecular weight excluding hydrogens is 427 g/mol. The molecule has 0 amide bonds. The molecule has 1 aromatic rings. The first kappa shape index (κ1) is 24.4. The van der Waals surface area contributed by atoms with E-state index in [4.69, 9.17) is 33.0 Å². The minimum absolute atomic E-state index is 0.213. The maximum atomic E-state index is 10.6. The predicted molar refractivity (Wildman–Crippen MR) is 106 cm³/mol. The van der Waals surface area contributed by atoms with E-state index in [2.05, 4.69) is 25.6 Å². The van der Waals surface area contributed by atoms with Crippen LogP contribution < -0.4 is 22.1 Å². The Kier molecular flexibility index (Phi) is 8.86. The largest absolute Gasteiger partial charge is 0.490 e. The lowest BCUT2D eigenvalue weighted by Crippen LogP contribution is -2.34. The molecule has 0 spiro atoms. The lowest BCUT2D eigenvalue weighted by atomic mass is 9.92. The number of alkyl halides is 3. The number of carboxylic acid groups (broad SMARTS) is 1. The van der Waals surface area contributed by atoms with Gasteiger partial charge in [0.05, 0.1) is 0 Å². The topological polar surface area (TPSA) is 152 Å². The van der Waals surface area contributed by atoms with Crippen LogP contribution in [0.4, 0.5) is 25.1 Å². The Labute approximate surface area is 177 Å². The number of hydrogen-bond acceptors (Lipinski definition) is 8. The second-order valence-electron chi connectivity index (χ2n) is 7.57. The fourth-order valence-electron chi connectivity index (χ4n) is 3.37. The van der Waals surface area contributed by atoms with Crippen LogP contribution in [0.15, 0.2) is 0 Å². The summed E-state index contributed by atoms with van der Waals surface area (Å²) in [6.07, 6.45) is 3.19. The summed E-state index contributed by atoms with van der Waals surface area (Å²) in [4.78, 5) is 21.8. The Morgan fingerprint density at radius 3 is 1.50 bits per heavy atom. The van der Waals surface area contributed by atoms with Crippen LogP contribution >= 0.6 is 11.6 Å². The van der Waals surface area contributed by atoms with Crippen LogP contribution in [-0.4, -0.2) is 56.4 Å². The lowest BCUT2D eigenvalue weighted by molar-refractivity contribution is -0.192. The van der Waals surface area contributed by atoms with Gasteiger partial charge in [-0.3, -0.25) is 0 Å². The average Bonchev–Trinajstić information content (AvgIpc) is 2.65. The molecule has 9 nitrogen and oxygen atoms in total. The average molecular weight is 454 g/mol. The highest BCUT2D eigenvalue weighted by molar-refractivity contribution is 6.28. The minimum atomic E-state index is -5.08. The van der Waals surface area contributed by atoms with E-state index in [9.17, 15) is 13.2 Å². The molecule has 13 heteroatoms. The van der Waals surface area contributed by atoms with Gasteiger partial charge in [-0.1, -0.05) is 0 Å². The number of carboxylic acids is 1. The summed E-state index contributed by atoms with van der Waals surface area (Å²) in [5.74, 6) is -1.67. The van der Waals surface area contributed by atoms with Crippen molar-refractivity contribution in [1.29, 1.82) is 0 Å². The van der Waals surface area contributed by atoms with E-state index in [1.54, 1.807) is 0 Å². The van der Waals surface area contributed by atoms with E-state index in [-0.39, 0.29) is 5.28 Å². The van der Waals surface area contributed by atoms with E-state index in [0.717, 1.165) is 51.4 Å². The van der Waals surface area contributed by atoms with E-state index in [1.807, 2.05) is 0 Å². The molecule has 2 aliphatic carbocycles. The van der Waals surface area contributed by atoms with Crippen molar-refractivity contribution in [3.8, 4) is 0 Å². The molecular formula is C17H27ClF3N7O2. The molecule has 0 atom stereocenters. The molecule has 2 saturated carbocycles. The van der Waals surface area contributed by atoms with Crippen molar-refractivity contribution in [2.45, 2.75) is 81.7 Å². The zero-order valence-corrected chi connectivity index (χ0v) is 17.1. The fourth-order valence-corrected chi connectivity index (χ4v) is 3.53. The van der Waals surface area contributed by atoms with Crippen LogP contribution in [0.25, 0.3) is 0 Å². The summed E-state index contributed by atoms with van der Waals surface area (Å²) in [5, 5.41) is 14.1. The molecule has 1 aromatic heterocycles. The number of nitrogens with zero attached hydrogens (tertiary/aromatic N) is 3. The maximum Gasteiger partial charge on any atom is 0.490 e. The van der Waals surface area contributed by atoms with Gasteiger partial charge in [-0.2, -0.15) is 28.1 Å². The molecule has 0 aliphatic heterocycles. The van der Waals surface area contributed by atoms with Crippen LogP contribution in [0.5, 0.6) is 0 Å². The van der Waals surface area contributed by atoms with Crippen LogP contribution in [0, 0.1) is 0 Å². The van der Waals surface area contributed by atoms with Crippen molar-refractivity contribution in [1.82, 2.24) is 15.0 Å². The van der Waals surface area contributed by atoms with Crippen molar-refractivity contribution >= 4 is 29.5 Å². The standard InChI is InChI=1S/C15H26ClN7.C2HF3O2/c16-13-21-14(19-11-5-1-9(17)2-6-11)23-15(22-13)20-12-7-3-10(18)4-8-12;3-2(4,5)1(6)7/h9-12H,1-8,17-18H2,(H2,19,20,21,22,23);(H,6,7). The molecule has 0 bridgehead atoms. The quantitative estimate of drug-likeness (QED) is 0.462. The number of halogens is 4. The fraction of sp³-hybridized carbons (Fsp3) is 0.765. The molecule has 0 aromatic carbocycles. The van der Waals surface area contributed by atoms with Gasteiger partial charge in [0.1, 0.15) is 0 Å². The molecule has 0 unspecified atom stereocenters. The summed E-state index contributed by atoms with van der Waals surface area (Å²) in [6.45, 7) is 0. The number of carbonyl (C=O) groups is 1. The molecule has 2 aliphatic rings. The molecule has 30 heavy (non-hydrogen) atoms. The van der Waals surface area contributed by atoms with Crippen LogP contribution in [0.1, 0.15) is 51.4 Å².